The molecule has 3 nitrogen and oxygen atoms in total. The molecule has 0 unspecified atom stereocenters. The fourth-order valence-corrected chi connectivity index (χ4v) is 3.20. The number of hydrogen-bond donors (Lipinski definition) is 1. The number of nitrogens with one attached hydrogen (secondary N) is 1. The van der Waals surface area contributed by atoms with E-state index in [0.717, 1.165) is 24.3 Å². The molecule has 1 heterocycles. The molecule has 2 aliphatic rings. The molecular formula is C15H25N3. The highest BCUT2D eigenvalue weighted by Gasteiger charge is 2.40. The highest BCUT2D eigenvalue weighted by molar-refractivity contribution is 5.24. The van der Waals surface area contributed by atoms with Gasteiger partial charge in [0, 0.05) is 24.8 Å². The third kappa shape index (κ3) is 2.46. The van der Waals surface area contributed by atoms with Crippen LogP contribution in [0.3, 0.4) is 0 Å². The molecule has 1 aromatic heterocycles. The lowest BCUT2D eigenvalue weighted by atomic mass is 9.98. The van der Waals surface area contributed by atoms with Crippen LogP contribution in [0.5, 0.6) is 0 Å². The summed E-state index contributed by atoms with van der Waals surface area (Å²) in [6.45, 7) is 6.48. The third-order valence-corrected chi connectivity index (χ3v) is 4.80. The van der Waals surface area contributed by atoms with Crippen molar-refractivity contribution >= 4 is 0 Å². The van der Waals surface area contributed by atoms with E-state index in [2.05, 4.69) is 24.3 Å². The molecule has 0 radical (unpaired) electrons. The second-order valence-electron chi connectivity index (χ2n) is 6.24. The normalized spacial score (nSPS) is 19.8. The van der Waals surface area contributed by atoms with Crippen molar-refractivity contribution in [2.24, 2.45) is 24.8 Å². The fraction of sp³-hybridized carbons (Fsp3) is 0.800. The Morgan fingerprint density at radius 2 is 1.83 bits per heavy atom. The van der Waals surface area contributed by atoms with Gasteiger partial charge in [0.05, 0.1) is 5.69 Å². The van der Waals surface area contributed by atoms with E-state index in [1.54, 1.807) is 0 Å². The summed E-state index contributed by atoms with van der Waals surface area (Å²) in [5.41, 5.74) is 3.87. The maximum absolute atomic E-state index is 4.48. The van der Waals surface area contributed by atoms with E-state index in [0.29, 0.717) is 0 Å². The summed E-state index contributed by atoms with van der Waals surface area (Å²) in [7, 11) is 2.03. The van der Waals surface area contributed by atoms with Crippen LogP contribution >= 0.6 is 0 Å². The van der Waals surface area contributed by atoms with Gasteiger partial charge in [-0.15, -0.1) is 0 Å². The summed E-state index contributed by atoms with van der Waals surface area (Å²) in [5.74, 6) is 3.05. The van der Waals surface area contributed by atoms with Gasteiger partial charge in [0.25, 0.3) is 0 Å². The summed E-state index contributed by atoms with van der Waals surface area (Å²) in [5, 5.41) is 8.17. The Labute approximate surface area is 110 Å². The second-order valence-corrected chi connectivity index (χ2v) is 6.24. The average molecular weight is 247 g/mol. The molecule has 3 heteroatoms. The van der Waals surface area contributed by atoms with Gasteiger partial charge >= 0.3 is 0 Å². The Balaban J connectivity index is 1.54. The predicted molar refractivity (Wildman–Crippen MR) is 73.3 cm³/mol. The average Bonchev–Trinajstić information content (AvgIpc) is 3.21. The number of rotatable bonds is 6. The summed E-state index contributed by atoms with van der Waals surface area (Å²) in [6.07, 6.45) is 5.92. The molecule has 2 fully saturated rings. The zero-order valence-electron chi connectivity index (χ0n) is 11.9. The van der Waals surface area contributed by atoms with Gasteiger partial charge in [0.15, 0.2) is 0 Å². The molecule has 1 aromatic rings. The lowest BCUT2D eigenvalue weighted by Crippen LogP contribution is -2.25. The van der Waals surface area contributed by atoms with Crippen molar-refractivity contribution in [3.63, 3.8) is 0 Å². The predicted octanol–water partition coefficient (Wildman–Crippen LogP) is 2.56. The van der Waals surface area contributed by atoms with E-state index in [4.69, 9.17) is 0 Å². The molecule has 0 saturated heterocycles. The van der Waals surface area contributed by atoms with Gasteiger partial charge < -0.3 is 5.32 Å². The highest BCUT2D eigenvalue weighted by Crippen LogP contribution is 2.48. The third-order valence-electron chi connectivity index (χ3n) is 4.80. The molecule has 1 N–H and O–H groups in total. The Morgan fingerprint density at radius 3 is 2.28 bits per heavy atom. The van der Waals surface area contributed by atoms with E-state index >= 15 is 0 Å². The largest absolute Gasteiger partial charge is 0.312 e. The molecule has 100 valence electrons. The van der Waals surface area contributed by atoms with Gasteiger partial charge in [0.2, 0.25) is 0 Å². The van der Waals surface area contributed by atoms with E-state index in [1.807, 2.05) is 11.7 Å². The topological polar surface area (TPSA) is 29.9 Å². The van der Waals surface area contributed by atoms with Crippen molar-refractivity contribution in [1.29, 1.82) is 0 Å². The molecule has 0 spiro atoms. The summed E-state index contributed by atoms with van der Waals surface area (Å²) in [6, 6.07) is 0. The first-order valence-corrected chi connectivity index (χ1v) is 7.36. The van der Waals surface area contributed by atoms with Crippen molar-refractivity contribution in [1.82, 2.24) is 15.1 Å². The van der Waals surface area contributed by atoms with Crippen molar-refractivity contribution in [3.05, 3.63) is 17.0 Å². The summed E-state index contributed by atoms with van der Waals surface area (Å²) >= 11 is 0. The molecule has 0 amide bonds. The van der Waals surface area contributed by atoms with Crippen molar-refractivity contribution in [2.45, 2.75) is 46.1 Å². The van der Waals surface area contributed by atoms with E-state index in [1.165, 1.54) is 49.2 Å². The number of hydrogen-bond acceptors (Lipinski definition) is 2. The fourth-order valence-electron chi connectivity index (χ4n) is 3.20. The van der Waals surface area contributed by atoms with Crippen molar-refractivity contribution < 1.29 is 0 Å². The number of aryl methyl sites for hydroxylation is 2. The molecule has 18 heavy (non-hydrogen) atoms. The van der Waals surface area contributed by atoms with Crippen LogP contribution in [-0.4, -0.2) is 16.3 Å². The van der Waals surface area contributed by atoms with Gasteiger partial charge in [-0.3, -0.25) is 4.68 Å². The number of nitrogens with zero attached hydrogens (tertiary/aromatic N) is 2. The smallest absolute Gasteiger partial charge is 0.0641 e. The van der Waals surface area contributed by atoms with Crippen LogP contribution in [0, 0.1) is 31.6 Å². The molecule has 2 aliphatic carbocycles. The molecule has 0 atom stereocenters. The first-order chi connectivity index (χ1) is 8.66. The minimum absolute atomic E-state index is 0.960. The van der Waals surface area contributed by atoms with Crippen LogP contribution in [0.2, 0.25) is 0 Å². The minimum Gasteiger partial charge on any atom is -0.312 e. The quantitative estimate of drug-likeness (QED) is 0.837. The standard InChI is InChI=1S/C15H25N3/c1-10-14(11(2)18(3)17-10)8-16-9-15(12-4-5-12)13-6-7-13/h12-13,15-16H,4-9H2,1-3H3. The maximum Gasteiger partial charge on any atom is 0.0641 e. The SMILES string of the molecule is Cc1nn(C)c(C)c1CNCC(C1CC1)C1CC1. The van der Waals surface area contributed by atoms with Crippen LogP contribution in [0.1, 0.15) is 42.6 Å². The molecule has 3 rings (SSSR count). The van der Waals surface area contributed by atoms with Crippen LogP contribution < -0.4 is 5.32 Å². The lowest BCUT2D eigenvalue weighted by Gasteiger charge is -2.16. The van der Waals surface area contributed by atoms with Gasteiger partial charge in [-0.05, 0) is 63.8 Å². The molecule has 0 aliphatic heterocycles. The second kappa shape index (κ2) is 4.69. The summed E-state index contributed by atoms with van der Waals surface area (Å²) in [4.78, 5) is 0. The maximum atomic E-state index is 4.48. The molecular weight excluding hydrogens is 222 g/mol. The molecule has 0 aromatic carbocycles. The zero-order valence-corrected chi connectivity index (χ0v) is 11.9. The molecule has 0 bridgehead atoms. The Bertz CT molecular complexity index is 415. The Hall–Kier alpha value is -0.830. The van der Waals surface area contributed by atoms with Crippen LogP contribution in [0.25, 0.3) is 0 Å². The first kappa shape index (κ1) is 12.2. The molecule has 2 saturated carbocycles. The van der Waals surface area contributed by atoms with Gasteiger partial charge in [-0.1, -0.05) is 0 Å². The van der Waals surface area contributed by atoms with Gasteiger partial charge in [-0.25, -0.2) is 0 Å². The van der Waals surface area contributed by atoms with Crippen LogP contribution in [0.15, 0.2) is 0 Å². The lowest BCUT2D eigenvalue weighted by molar-refractivity contribution is 0.378. The first-order valence-electron chi connectivity index (χ1n) is 7.36. The van der Waals surface area contributed by atoms with Crippen LogP contribution in [0.4, 0.5) is 0 Å². The van der Waals surface area contributed by atoms with Crippen molar-refractivity contribution in [3.8, 4) is 0 Å². The Kier molecular flexibility index (Phi) is 3.18. The van der Waals surface area contributed by atoms with Crippen LogP contribution in [-0.2, 0) is 13.6 Å². The van der Waals surface area contributed by atoms with Crippen molar-refractivity contribution in [2.75, 3.05) is 6.54 Å². The monoisotopic (exact) mass is 247 g/mol. The van der Waals surface area contributed by atoms with E-state index in [-0.39, 0.29) is 0 Å². The Morgan fingerprint density at radius 1 is 1.22 bits per heavy atom. The van der Waals surface area contributed by atoms with Gasteiger partial charge in [-0.2, -0.15) is 5.10 Å². The van der Waals surface area contributed by atoms with E-state index in [9.17, 15) is 0 Å². The summed E-state index contributed by atoms with van der Waals surface area (Å²) < 4.78 is 1.99. The van der Waals surface area contributed by atoms with E-state index < -0.39 is 0 Å². The highest BCUT2D eigenvalue weighted by atomic mass is 15.3. The van der Waals surface area contributed by atoms with Gasteiger partial charge in [0.1, 0.15) is 0 Å². The number of aromatic nitrogens is 2. The minimum atomic E-state index is 0.960. The zero-order chi connectivity index (χ0) is 12.7.